The van der Waals surface area contributed by atoms with Crippen molar-refractivity contribution < 1.29 is 5.11 Å². The standard InChI is InChI=1S/C8H18N2O/c1-2-9-6-8(11)7-4-3-5-10-7/h7-11H,2-6H2,1H3. The summed E-state index contributed by atoms with van der Waals surface area (Å²) in [6.45, 7) is 4.76. The third-order valence-electron chi connectivity index (χ3n) is 2.17. The van der Waals surface area contributed by atoms with Crippen LogP contribution in [0.15, 0.2) is 0 Å². The normalized spacial score (nSPS) is 27.3. The Kier molecular flexibility index (Phi) is 3.83. The summed E-state index contributed by atoms with van der Waals surface area (Å²) in [5.74, 6) is 0. The molecule has 3 N–H and O–H groups in total. The Bertz CT molecular complexity index is 102. The summed E-state index contributed by atoms with van der Waals surface area (Å²) in [5.41, 5.74) is 0. The van der Waals surface area contributed by atoms with Crippen LogP contribution < -0.4 is 10.6 Å². The lowest BCUT2D eigenvalue weighted by atomic mass is 10.1. The Morgan fingerprint density at radius 2 is 2.55 bits per heavy atom. The first-order chi connectivity index (χ1) is 5.34. The highest BCUT2D eigenvalue weighted by molar-refractivity contribution is 4.82. The van der Waals surface area contributed by atoms with Crippen LogP contribution >= 0.6 is 0 Å². The molecule has 0 aromatic carbocycles. The van der Waals surface area contributed by atoms with E-state index in [-0.39, 0.29) is 6.10 Å². The Morgan fingerprint density at radius 3 is 3.09 bits per heavy atom. The van der Waals surface area contributed by atoms with Crippen LogP contribution in [-0.2, 0) is 0 Å². The molecule has 1 fully saturated rings. The molecule has 3 nitrogen and oxygen atoms in total. The molecule has 0 bridgehead atoms. The van der Waals surface area contributed by atoms with Gasteiger partial charge in [0, 0.05) is 12.6 Å². The van der Waals surface area contributed by atoms with E-state index >= 15 is 0 Å². The summed E-state index contributed by atoms with van der Waals surface area (Å²) >= 11 is 0. The Morgan fingerprint density at radius 1 is 1.73 bits per heavy atom. The fraction of sp³-hybridized carbons (Fsp3) is 1.00. The first-order valence-corrected chi connectivity index (χ1v) is 4.46. The molecular formula is C8H18N2O. The first-order valence-electron chi connectivity index (χ1n) is 4.46. The number of nitrogens with one attached hydrogen (secondary N) is 2. The average molecular weight is 158 g/mol. The van der Waals surface area contributed by atoms with E-state index < -0.39 is 0 Å². The van der Waals surface area contributed by atoms with E-state index in [0.29, 0.717) is 12.6 Å². The second kappa shape index (κ2) is 4.70. The maximum atomic E-state index is 9.56. The van der Waals surface area contributed by atoms with Crippen molar-refractivity contribution in [3.8, 4) is 0 Å². The molecule has 0 aromatic heterocycles. The molecular weight excluding hydrogens is 140 g/mol. The van der Waals surface area contributed by atoms with Gasteiger partial charge in [-0.05, 0) is 25.9 Å². The molecule has 1 rings (SSSR count). The van der Waals surface area contributed by atoms with Crippen molar-refractivity contribution in [2.24, 2.45) is 0 Å². The number of likely N-dealkylation sites (N-methyl/N-ethyl adjacent to an activating group) is 1. The van der Waals surface area contributed by atoms with E-state index in [1.807, 2.05) is 0 Å². The molecule has 3 heteroatoms. The second-order valence-electron chi connectivity index (χ2n) is 3.08. The van der Waals surface area contributed by atoms with Crippen LogP contribution in [0.4, 0.5) is 0 Å². The molecule has 2 atom stereocenters. The predicted octanol–water partition coefficient (Wildman–Crippen LogP) is -0.291. The van der Waals surface area contributed by atoms with Gasteiger partial charge in [-0.2, -0.15) is 0 Å². The molecule has 0 radical (unpaired) electrons. The average Bonchev–Trinajstić information content (AvgIpc) is 2.52. The summed E-state index contributed by atoms with van der Waals surface area (Å²) in [6, 6.07) is 0.328. The molecule has 11 heavy (non-hydrogen) atoms. The van der Waals surface area contributed by atoms with Gasteiger partial charge >= 0.3 is 0 Å². The van der Waals surface area contributed by atoms with Crippen molar-refractivity contribution in [3.63, 3.8) is 0 Å². The zero-order valence-corrected chi connectivity index (χ0v) is 7.14. The second-order valence-corrected chi connectivity index (χ2v) is 3.08. The summed E-state index contributed by atoms with van der Waals surface area (Å²) < 4.78 is 0. The Labute approximate surface area is 68.2 Å². The van der Waals surface area contributed by atoms with Gasteiger partial charge in [0.15, 0.2) is 0 Å². The maximum absolute atomic E-state index is 9.56. The lowest BCUT2D eigenvalue weighted by Gasteiger charge is -2.17. The van der Waals surface area contributed by atoms with Gasteiger partial charge in [-0.3, -0.25) is 0 Å². The van der Waals surface area contributed by atoms with Crippen LogP contribution in [0.5, 0.6) is 0 Å². The molecule has 0 aliphatic carbocycles. The van der Waals surface area contributed by atoms with Gasteiger partial charge in [-0.1, -0.05) is 6.92 Å². The quantitative estimate of drug-likeness (QED) is 0.527. The highest BCUT2D eigenvalue weighted by atomic mass is 16.3. The monoisotopic (exact) mass is 158 g/mol. The van der Waals surface area contributed by atoms with Crippen LogP contribution in [0.3, 0.4) is 0 Å². The van der Waals surface area contributed by atoms with Gasteiger partial charge < -0.3 is 15.7 Å². The maximum Gasteiger partial charge on any atom is 0.0817 e. The summed E-state index contributed by atoms with van der Waals surface area (Å²) in [5, 5.41) is 16.0. The zero-order valence-electron chi connectivity index (χ0n) is 7.14. The number of hydrogen-bond acceptors (Lipinski definition) is 3. The summed E-state index contributed by atoms with van der Waals surface area (Å²) in [6.07, 6.45) is 2.11. The van der Waals surface area contributed by atoms with Crippen molar-refractivity contribution in [1.29, 1.82) is 0 Å². The third kappa shape index (κ3) is 2.77. The van der Waals surface area contributed by atoms with Gasteiger partial charge in [-0.15, -0.1) is 0 Å². The van der Waals surface area contributed by atoms with E-state index in [9.17, 15) is 5.11 Å². The van der Waals surface area contributed by atoms with E-state index in [0.717, 1.165) is 19.5 Å². The fourth-order valence-electron chi connectivity index (χ4n) is 1.47. The molecule has 1 aliphatic rings. The summed E-state index contributed by atoms with van der Waals surface area (Å²) in [7, 11) is 0. The molecule has 1 saturated heterocycles. The van der Waals surface area contributed by atoms with E-state index in [1.165, 1.54) is 6.42 Å². The van der Waals surface area contributed by atoms with Gasteiger partial charge in [0.2, 0.25) is 0 Å². The minimum atomic E-state index is -0.211. The predicted molar refractivity (Wildman–Crippen MR) is 45.6 cm³/mol. The van der Waals surface area contributed by atoms with E-state index in [2.05, 4.69) is 17.6 Å². The van der Waals surface area contributed by atoms with Crippen molar-refractivity contribution in [3.05, 3.63) is 0 Å². The SMILES string of the molecule is CCNCC(O)C1CCCN1. The number of rotatable bonds is 4. The molecule has 2 unspecified atom stereocenters. The molecule has 1 aliphatic heterocycles. The summed E-state index contributed by atoms with van der Waals surface area (Å²) in [4.78, 5) is 0. The smallest absolute Gasteiger partial charge is 0.0817 e. The Balaban J connectivity index is 2.12. The largest absolute Gasteiger partial charge is 0.390 e. The lowest BCUT2D eigenvalue weighted by Crippen LogP contribution is -2.41. The van der Waals surface area contributed by atoms with Gasteiger partial charge in [0.05, 0.1) is 6.10 Å². The van der Waals surface area contributed by atoms with Crippen LogP contribution in [0.2, 0.25) is 0 Å². The molecule has 66 valence electrons. The minimum Gasteiger partial charge on any atom is -0.390 e. The molecule has 0 aromatic rings. The van der Waals surface area contributed by atoms with Crippen LogP contribution in [0, 0.1) is 0 Å². The van der Waals surface area contributed by atoms with E-state index in [1.54, 1.807) is 0 Å². The van der Waals surface area contributed by atoms with Crippen molar-refractivity contribution in [2.45, 2.75) is 31.9 Å². The third-order valence-corrected chi connectivity index (χ3v) is 2.17. The number of aliphatic hydroxyl groups excluding tert-OH is 1. The van der Waals surface area contributed by atoms with Crippen LogP contribution in [-0.4, -0.2) is 36.9 Å². The molecule has 0 spiro atoms. The van der Waals surface area contributed by atoms with Crippen LogP contribution in [0.25, 0.3) is 0 Å². The van der Waals surface area contributed by atoms with Gasteiger partial charge in [0.1, 0.15) is 0 Å². The van der Waals surface area contributed by atoms with Gasteiger partial charge in [-0.25, -0.2) is 0 Å². The lowest BCUT2D eigenvalue weighted by molar-refractivity contribution is 0.134. The highest BCUT2D eigenvalue weighted by Gasteiger charge is 2.21. The van der Waals surface area contributed by atoms with E-state index in [4.69, 9.17) is 0 Å². The van der Waals surface area contributed by atoms with Gasteiger partial charge in [0.25, 0.3) is 0 Å². The first kappa shape index (κ1) is 8.97. The minimum absolute atomic E-state index is 0.211. The molecule has 1 heterocycles. The molecule has 0 amide bonds. The van der Waals surface area contributed by atoms with Crippen LogP contribution in [0.1, 0.15) is 19.8 Å². The van der Waals surface area contributed by atoms with Crippen molar-refractivity contribution >= 4 is 0 Å². The molecule has 0 saturated carbocycles. The fourth-order valence-corrected chi connectivity index (χ4v) is 1.47. The Hall–Kier alpha value is -0.120. The number of aliphatic hydroxyl groups is 1. The zero-order chi connectivity index (χ0) is 8.10. The van der Waals surface area contributed by atoms with Crippen molar-refractivity contribution in [1.82, 2.24) is 10.6 Å². The topological polar surface area (TPSA) is 44.3 Å². The van der Waals surface area contributed by atoms with Crippen molar-refractivity contribution in [2.75, 3.05) is 19.6 Å². The highest BCUT2D eigenvalue weighted by Crippen LogP contribution is 2.08. The number of hydrogen-bond donors (Lipinski definition) is 3.